The second-order valence-corrected chi connectivity index (χ2v) is 5.71. The zero-order valence-corrected chi connectivity index (χ0v) is 13.4. The molecule has 0 aliphatic heterocycles. The first kappa shape index (κ1) is 15.8. The van der Waals surface area contributed by atoms with Crippen LogP contribution < -0.4 is 0 Å². The normalized spacial score (nSPS) is 13.2. The minimum absolute atomic E-state index is 0.261. The quantitative estimate of drug-likeness (QED) is 0.728. The summed E-state index contributed by atoms with van der Waals surface area (Å²) >= 11 is 0. The lowest BCUT2D eigenvalue weighted by atomic mass is 9.82. The number of fused-ring (bicyclic) bond motifs is 1. The Balaban J connectivity index is 2.02. The van der Waals surface area contributed by atoms with Crippen LogP contribution in [-0.4, -0.2) is 18.1 Å². The Morgan fingerprint density at radius 1 is 1.17 bits per heavy atom. The van der Waals surface area contributed by atoms with Gasteiger partial charge in [-0.25, -0.2) is 0 Å². The Hall–Kier alpha value is -3.06. The van der Waals surface area contributed by atoms with Gasteiger partial charge in [-0.05, 0) is 23.6 Å². The number of carbonyl (C=O) groups excluding carboxylic acids is 1. The zero-order chi connectivity index (χ0) is 16.9. The van der Waals surface area contributed by atoms with Gasteiger partial charge in [0.1, 0.15) is 0 Å². The number of hydrogen-bond donors (Lipinski definition) is 1. The third kappa shape index (κ3) is 3.02. The first-order valence-electron chi connectivity index (χ1n) is 7.82. The molecule has 0 fully saturated rings. The highest BCUT2D eigenvalue weighted by Crippen LogP contribution is 2.32. The lowest BCUT2D eigenvalue weighted by Gasteiger charge is -2.20. The molecule has 0 aliphatic carbocycles. The third-order valence-electron chi connectivity index (χ3n) is 4.34. The zero-order valence-electron chi connectivity index (χ0n) is 13.4. The number of para-hydroxylation sites is 1. The van der Waals surface area contributed by atoms with Crippen molar-refractivity contribution in [3.8, 4) is 6.07 Å². The van der Waals surface area contributed by atoms with Crippen LogP contribution in [0, 0.1) is 17.2 Å². The number of esters is 1. The fourth-order valence-electron chi connectivity index (χ4n) is 3.10. The van der Waals surface area contributed by atoms with Gasteiger partial charge in [0.05, 0.1) is 13.2 Å². The summed E-state index contributed by atoms with van der Waals surface area (Å²) in [5.74, 6) is -1.60. The molecular formula is C20H18N2O2. The van der Waals surface area contributed by atoms with E-state index in [0.717, 1.165) is 22.0 Å². The fourth-order valence-corrected chi connectivity index (χ4v) is 3.10. The molecule has 2 atom stereocenters. The van der Waals surface area contributed by atoms with Crippen molar-refractivity contribution in [1.29, 1.82) is 5.26 Å². The number of ether oxygens (including phenoxy) is 1. The number of nitrogens with one attached hydrogen (secondary N) is 1. The lowest BCUT2D eigenvalue weighted by molar-refractivity contribution is -0.144. The van der Waals surface area contributed by atoms with Crippen molar-refractivity contribution in [2.45, 2.75) is 12.3 Å². The summed E-state index contributed by atoms with van der Waals surface area (Å²) in [6, 6.07) is 19.8. The van der Waals surface area contributed by atoms with Gasteiger partial charge < -0.3 is 9.72 Å². The minimum Gasteiger partial charge on any atom is -0.468 e. The molecule has 0 aliphatic rings. The number of methoxy groups -OCH3 is 1. The van der Waals surface area contributed by atoms with Gasteiger partial charge in [-0.2, -0.15) is 5.26 Å². The number of benzene rings is 2. The van der Waals surface area contributed by atoms with Gasteiger partial charge >= 0.3 is 5.97 Å². The molecule has 2 unspecified atom stereocenters. The first-order valence-corrected chi connectivity index (χ1v) is 7.82. The lowest BCUT2D eigenvalue weighted by Crippen LogP contribution is -2.24. The average Bonchev–Trinajstić information content (AvgIpc) is 3.05. The molecule has 0 amide bonds. The maximum Gasteiger partial charge on any atom is 0.323 e. The predicted molar refractivity (Wildman–Crippen MR) is 92.3 cm³/mol. The second-order valence-electron chi connectivity index (χ2n) is 5.71. The molecule has 1 N–H and O–H groups in total. The molecule has 4 nitrogen and oxygen atoms in total. The number of nitriles is 1. The van der Waals surface area contributed by atoms with Crippen molar-refractivity contribution in [3.05, 3.63) is 71.9 Å². The standard InChI is InChI=1S/C20H18N2O2/c1-24-20(23)18(12-21)17(14-7-3-2-4-8-14)11-15-13-22-19-10-6-5-9-16(15)19/h2-10,13,17-18,22H,11H2,1H3. The number of nitrogens with zero attached hydrogens (tertiary/aromatic N) is 1. The van der Waals surface area contributed by atoms with E-state index in [1.807, 2.05) is 60.8 Å². The van der Waals surface area contributed by atoms with Crippen LogP contribution in [0.1, 0.15) is 17.0 Å². The SMILES string of the molecule is COC(=O)C(C#N)C(Cc1c[nH]c2ccccc12)c1ccccc1. The first-order chi connectivity index (χ1) is 11.7. The Kier molecular flexibility index (Phi) is 4.62. The number of aromatic nitrogens is 1. The summed E-state index contributed by atoms with van der Waals surface area (Å²) in [6.07, 6.45) is 2.54. The fraction of sp³-hybridized carbons (Fsp3) is 0.200. The van der Waals surface area contributed by atoms with Crippen LogP contribution in [0.15, 0.2) is 60.8 Å². The highest BCUT2D eigenvalue weighted by atomic mass is 16.5. The van der Waals surface area contributed by atoms with Crippen molar-refractivity contribution < 1.29 is 9.53 Å². The number of hydrogen-bond acceptors (Lipinski definition) is 3. The van der Waals surface area contributed by atoms with Crippen LogP contribution in [-0.2, 0) is 16.0 Å². The van der Waals surface area contributed by atoms with Gasteiger partial charge in [0.2, 0.25) is 0 Å². The number of rotatable bonds is 5. The summed E-state index contributed by atoms with van der Waals surface area (Å²) in [5, 5.41) is 10.7. The van der Waals surface area contributed by atoms with E-state index < -0.39 is 11.9 Å². The van der Waals surface area contributed by atoms with Crippen LogP contribution in [0.25, 0.3) is 10.9 Å². The van der Waals surface area contributed by atoms with Gasteiger partial charge in [-0.3, -0.25) is 4.79 Å². The summed E-state index contributed by atoms with van der Waals surface area (Å²) in [7, 11) is 1.32. The highest BCUT2D eigenvalue weighted by Gasteiger charge is 2.31. The van der Waals surface area contributed by atoms with E-state index in [0.29, 0.717) is 6.42 Å². The van der Waals surface area contributed by atoms with Crippen LogP contribution in [0.5, 0.6) is 0 Å². The molecule has 3 rings (SSSR count). The Morgan fingerprint density at radius 2 is 1.88 bits per heavy atom. The molecule has 1 heterocycles. The molecule has 1 aromatic heterocycles. The smallest absolute Gasteiger partial charge is 0.323 e. The van der Waals surface area contributed by atoms with Gasteiger partial charge in [0, 0.05) is 23.0 Å². The molecule has 0 bridgehead atoms. The van der Waals surface area contributed by atoms with Crippen LogP contribution in [0.2, 0.25) is 0 Å². The number of aromatic amines is 1. The van der Waals surface area contributed by atoms with Crippen LogP contribution >= 0.6 is 0 Å². The highest BCUT2D eigenvalue weighted by molar-refractivity contribution is 5.83. The Bertz CT molecular complexity index is 877. The molecule has 0 spiro atoms. The molecule has 24 heavy (non-hydrogen) atoms. The van der Waals surface area contributed by atoms with E-state index >= 15 is 0 Å². The largest absolute Gasteiger partial charge is 0.468 e. The molecule has 0 saturated heterocycles. The molecule has 4 heteroatoms. The summed E-state index contributed by atoms with van der Waals surface area (Å²) < 4.78 is 4.84. The van der Waals surface area contributed by atoms with Crippen molar-refractivity contribution >= 4 is 16.9 Å². The monoisotopic (exact) mass is 318 g/mol. The third-order valence-corrected chi connectivity index (χ3v) is 4.34. The van der Waals surface area contributed by atoms with Gasteiger partial charge in [0.25, 0.3) is 0 Å². The second kappa shape index (κ2) is 7.01. The van der Waals surface area contributed by atoms with Gasteiger partial charge in [0.15, 0.2) is 5.92 Å². The van der Waals surface area contributed by atoms with Crippen LogP contribution in [0.3, 0.4) is 0 Å². The van der Waals surface area contributed by atoms with Crippen LogP contribution in [0.4, 0.5) is 0 Å². The Labute approximate surface area is 140 Å². The number of H-pyrrole nitrogens is 1. The van der Waals surface area contributed by atoms with E-state index in [1.165, 1.54) is 7.11 Å². The van der Waals surface area contributed by atoms with Crippen molar-refractivity contribution in [2.24, 2.45) is 5.92 Å². The van der Waals surface area contributed by atoms with E-state index in [-0.39, 0.29) is 5.92 Å². The summed E-state index contributed by atoms with van der Waals surface area (Å²) in [5.41, 5.74) is 3.09. The molecule has 3 aromatic rings. The maximum atomic E-state index is 12.1. The molecular weight excluding hydrogens is 300 g/mol. The molecule has 0 saturated carbocycles. The van der Waals surface area contributed by atoms with Gasteiger partial charge in [-0.1, -0.05) is 48.5 Å². The van der Waals surface area contributed by atoms with Gasteiger partial charge in [-0.15, -0.1) is 0 Å². The maximum absolute atomic E-state index is 12.1. The minimum atomic E-state index is -0.842. The Morgan fingerprint density at radius 3 is 2.58 bits per heavy atom. The van der Waals surface area contributed by atoms with Crippen molar-refractivity contribution in [2.75, 3.05) is 7.11 Å². The topological polar surface area (TPSA) is 65.9 Å². The molecule has 2 aromatic carbocycles. The summed E-state index contributed by atoms with van der Waals surface area (Å²) in [6.45, 7) is 0. The van der Waals surface area contributed by atoms with E-state index in [4.69, 9.17) is 4.74 Å². The van der Waals surface area contributed by atoms with Crippen molar-refractivity contribution in [1.82, 2.24) is 4.98 Å². The predicted octanol–water partition coefficient (Wildman–Crippen LogP) is 3.81. The van der Waals surface area contributed by atoms with E-state index in [9.17, 15) is 10.1 Å². The molecule has 0 radical (unpaired) electrons. The van der Waals surface area contributed by atoms with E-state index in [2.05, 4.69) is 11.1 Å². The summed E-state index contributed by atoms with van der Waals surface area (Å²) in [4.78, 5) is 15.3. The molecule has 120 valence electrons. The average molecular weight is 318 g/mol. The van der Waals surface area contributed by atoms with Crippen molar-refractivity contribution in [3.63, 3.8) is 0 Å². The number of carbonyl (C=O) groups is 1. The van der Waals surface area contributed by atoms with E-state index in [1.54, 1.807) is 0 Å².